The number of hydrogen-bond acceptors (Lipinski definition) is 8. The van der Waals surface area contributed by atoms with E-state index in [1.807, 2.05) is 60.0 Å². The molecule has 2 N–H and O–H groups in total. The van der Waals surface area contributed by atoms with Gasteiger partial charge in [0.25, 0.3) is 5.91 Å². The van der Waals surface area contributed by atoms with Gasteiger partial charge in [-0.2, -0.15) is 0 Å². The maximum atomic E-state index is 14.1. The molecule has 2 aromatic rings. The number of nitrogens with zero attached hydrogens (tertiary/aromatic N) is 4. The summed E-state index contributed by atoms with van der Waals surface area (Å²) in [7, 11) is 1.42. The number of nitrogens with one attached hydrogen (secondary N) is 1. The summed E-state index contributed by atoms with van der Waals surface area (Å²) in [5, 5.41) is 13.4. The molecule has 0 aliphatic carbocycles. The van der Waals surface area contributed by atoms with Gasteiger partial charge in [0.2, 0.25) is 0 Å². The molecule has 0 saturated carbocycles. The van der Waals surface area contributed by atoms with Crippen LogP contribution in [0.5, 0.6) is 5.75 Å². The van der Waals surface area contributed by atoms with Crippen LogP contribution in [-0.4, -0.2) is 120 Å². The number of urea groups is 1. The van der Waals surface area contributed by atoms with Crippen LogP contribution in [0.4, 0.5) is 15.3 Å². The predicted molar refractivity (Wildman–Crippen MR) is 199 cm³/mol. The first kappa shape index (κ1) is 38.9. The van der Waals surface area contributed by atoms with Crippen molar-refractivity contribution in [3.63, 3.8) is 0 Å². The average molecular weight is 720 g/mol. The number of phenolic OH excluding ortho intramolecular Hbond substituents is 1. The van der Waals surface area contributed by atoms with Crippen molar-refractivity contribution in [2.24, 2.45) is 11.8 Å². The largest absolute Gasteiger partial charge is 0.507 e. The number of anilines is 1. The summed E-state index contributed by atoms with van der Waals surface area (Å²) < 4.78 is 10.9. The van der Waals surface area contributed by atoms with Gasteiger partial charge in [-0.1, -0.05) is 37.8 Å². The molecular formula is C40H57N5O7. The third-order valence-electron chi connectivity index (χ3n) is 11.5. The van der Waals surface area contributed by atoms with Gasteiger partial charge in [-0.3, -0.25) is 14.5 Å². The maximum absolute atomic E-state index is 14.1. The van der Waals surface area contributed by atoms with E-state index in [0.717, 1.165) is 62.0 Å². The number of esters is 1. The van der Waals surface area contributed by atoms with Crippen LogP contribution in [0.3, 0.4) is 0 Å². The molecule has 0 bridgehead atoms. The molecule has 6 rings (SSSR count). The smallest absolute Gasteiger partial charge is 0.410 e. The van der Waals surface area contributed by atoms with Gasteiger partial charge in [-0.25, -0.2) is 9.59 Å². The Kier molecular flexibility index (Phi) is 13.1. The fraction of sp³-hybridized carbons (Fsp3) is 0.600. The Morgan fingerprint density at radius 3 is 2.10 bits per heavy atom. The van der Waals surface area contributed by atoms with Gasteiger partial charge < -0.3 is 34.6 Å². The van der Waals surface area contributed by atoms with Crippen molar-refractivity contribution in [3.8, 4) is 5.75 Å². The van der Waals surface area contributed by atoms with Crippen LogP contribution in [0.2, 0.25) is 0 Å². The van der Waals surface area contributed by atoms with Crippen LogP contribution in [-0.2, 0) is 31.9 Å². The number of carbonyl (C=O) groups excluding carboxylic acids is 4. The number of phenols is 1. The number of ether oxygens (including phenoxy) is 2. The zero-order valence-electron chi connectivity index (χ0n) is 30.3. The standard InChI is InChI=1S/C39H53N5O7.CH4/c1-26-22-28(23-27(2)36(26)46)24-34(37(47)42-17-10-30(11-18-42)29-8-15-41(16-9-29)25-35(45)50-3)51-39(49)43-19-13-32(14-20-43)44-21-12-31-6-4-5-7-33(31)40-38(44)48;/h4-7,22-23,29-30,32,34,46H,8-21,24-25H2,1-3H3,(H,40,48);1H4/t34-;/m1./s1. The first-order valence-electron chi connectivity index (χ1n) is 18.6. The SMILES string of the molecule is C.COC(=O)CN1CCC(C2CCN(C(=O)[C@@H](Cc3cc(C)c(O)c(C)c3)OC(=O)N3CCC(N4CCc5ccccc5NC4=O)CC3)CC2)CC1. The Morgan fingerprint density at radius 2 is 1.46 bits per heavy atom. The van der Waals surface area contributed by atoms with Gasteiger partial charge >= 0.3 is 18.1 Å². The van der Waals surface area contributed by atoms with E-state index in [-0.39, 0.29) is 43.5 Å². The second-order valence-electron chi connectivity index (χ2n) is 14.8. The van der Waals surface area contributed by atoms with Crippen molar-refractivity contribution in [2.75, 3.05) is 64.8 Å². The molecule has 0 aromatic heterocycles. The zero-order chi connectivity index (χ0) is 36.1. The lowest BCUT2D eigenvalue weighted by atomic mass is 9.78. The number of amides is 4. The minimum Gasteiger partial charge on any atom is -0.507 e. The van der Waals surface area contributed by atoms with Crippen molar-refractivity contribution in [1.29, 1.82) is 0 Å². The molecule has 4 aliphatic rings. The summed E-state index contributed by atoms with van der Waals surface area (Å²) in [6.45, 7) is 8.44. The number of methoxy groups -OCH3 is 1. The molecule has 1 atom stereocenters. The fourth-order valence-corrected chi connectivity index (χ4v) is 8.48. The summed E-state index contributed by atoms with van der Waals surface area (Å²) >= 11 is 0. The maximum Gasteiger partial charge on any atom is 0.410 e. The predicted octanol–water partition coefficient (Wildman–Crippen LogP) is 5.37. The van der Waals surface area contributed by atoms with Crippen LogP contribution in [0, 0.1) is 25.7 Å². The highest BCUT2D eigenvalue weighted by molar-refractivity contribution is 5.91. The van der Waals surface area contributed by atoms with E-state index in [1.54, 1.807) is 4.90 Å². The molecule has 4 amide bonds. The molecule has 3 saturated heterocycles. The van der Waals surface area contributed by atoms with E-state index in [4.69, 9.17) is 9.47 Å². The van der Waals surface area contributed by atoms with Gasteiger partial charge in [-0.05, 0) is 112 Å². The molecule has 2 aromatic carbocycles. The highest BCUT2D eigenvalue weighted by Gasteiger charge is 2.37. The number of carbonyl (C=O) groups is 4. The Labute approximate surface area is 308 Å². The minimum atomic E-state index is -0.994. The number of likely N-dealkylation sites (tertiary alicyclic amines) is 3. The Morgan fingerprint density at radius 1 is 0.865 bits per heavy atom. The third-order valence-corrected chi connectivity index (χ3v) is 11.5. The lowest BCUT2D eigenvalue weighted by Crippen LogP contribution is -2.52. The monoisotopic (exact) mass is 719 g/mol. The molecule has 0 spiro atoms. The molecule has 4 aliphatic heterocycles. The molecule has 0 radical (unpaired) electrons. The first-order chi connectivity index (χ1) is 24.6. The molecule has 284 valence electrons. The Hall–Kier alpha value is -4.32. The third kappa shape index (κ3) is 9.18. The molecule has 52 heavy (non-hydrogen) atoms. The summed E-state index contributed by atoms with van der Waals surface area (Å²) in [6.07, 6.45) is 4.59. The van der Waals surface area contributed by atoms with E-state index in [1.165, 1.54) is 7.11 Å². The van der Waals surface area contributed by atoms with Crippen LogP contribution in [0.15, 0.2) is 36.4 Å². The molecule has 3 fully saturated rings. The molecule has 12 nitrogen and oxygen atoms in total. The van der Waals surface area contributed by atoms with Crippen LogP contribution < -0.4 is 5.32 Å². The van der Waals surface area contributed by atoms with Gasteiger partial charge in [0.05, 0.1) is 13.7 Å². The Bertz CT molecular complexity index is 1550. The van der Waals surface area contributed by atoms with E-state index in [2.05, 4.69) is 10.2 Å². The van der Waals surface area contributed by atoms with Crippen LogP contribution in [0.25, 0.3) is 0 Å². The van der Waals surface area contributed by atoms with Crippen molar-refractivity contribution >= 4 is 29.7 Å². The van der Waals surface area contributed by atoms with E-state index in [9.17, 15) is 24.3 Å². The van der Waals surface area contributed by atoms with E-state index in [0.29, 0.717) is 75.1 Å². The van der Waals surface area contributed by atoms with Crippen molar-refractivity contribution in [1.82, 2.24) is 19.6 Å². The van der Waals surface area contributed by atoms with Crippen LogP contribution >= 0.6 is 0 Å². The zero-order valence-corrected chi connectivity index (χ0v) is 30.3. The van der Waals surface area contributed by atoms with Crippen molar-refractivity contribution in [2.45, 2.75) is 84.8 Å². The van der Waals surface area contributed by atoms with Crippen LogP contribution in [0.1, 0.15) is 68.2 Å². The topological polar surface area (TPSA) is 132 Å². The summed E-state index contributed by atoms with van der Waals surface area (Å²) in [5.41, 5.74) is 4.22. The van der Waals surface area contributed by atoms with E-state index >= 15 is 0 Å². The van der Waals surface area contributed by atoms with E-state index < -0.39 is 12.2 Å². The Balaban J connectivity index is 0.00000523. The lowest BCUT2D eigenvalue weighted by molar-refractivity contribution is -0.142. The number of rotatable bonds is 8. The molecular weight excluding hydrogens is 662 g/mol. The second-order valence-corrected chi connectivity index (χ2v) is 14.8. The number of aromatic hydroxyl groups is 1. The van der Waals surface area contributed by atoms with Crippen molar-refractivity contribution in [3.05, 3.63) is 58.7 Å². The number of fused-ring (bicyclic) bond motifs is 1. The van der Waals surface area contributed by atoms with Gasteiger partial charge in [0.1, 0.15) is 5.75 Å². The molecule has 12 heteroatoms. The summed E-state index contributed by atoms with van der Waals surface area (Å²) in [5.74, 6) is 0.910. The average Bonchev–Trinajstić information content (AvgIpc) is 3.31. The summed E-state index contributed by atoms with van der Waals surface area (Å²) in [6, 6.07) is 11.5. The fourth-order valence-electron chi connectivity index (χ4n) is 8.48. The van der Waals surface area contributed by atoms with Gasteiger partial charge in [0.15, 0.2) is 6.10 Å². The number of aryl methyl sites for hydroxylation is 2. The second kappa shape index (κ2) is 17.5. The summed E-state index contributed by atoms with van der Waals surface area (Å²) in [4.78, 5) is 60.1. The van der Waals surface area contributed by atoms with Crippen molar-refractivity contribution < 1.29 is 33.8 Å². The first-order valence-corrected chi connectivity index (χ1v) is 18.6. The number of benzene rings is 2. The highest BCUT2D eigenvalue weighted by Crippen LogP contribution is 2.33. The molecule has 0 unspecified atom stereocenters. The quantitative estimate of drug-likeness (QED) is 0.349. The highest BCUT2D eigenvalue weighted by atomic mass is 16.6. The number of para-hydroxylation sites is 1. The molecule has 4 heterocycles. The van der Waals surface area contributed by atoms with Gasteiger partial charge in [0, 0.05) is 50.9 Å². The number of piperidine rings is 3. The minimum absolute atomic E-state index is 0. The normalized spacial score (nSPS) is 19.9. The number of hydrogen-bond donors (Lipinski definition) is 2. The lowest BCUT2D eigenvalue weighted by Gasteiger charge is -2.41. The van der Waals surface area contributed by atoms with Gasteiger partial charge in [-0.15, -0.1) is 0 Å².